The number of ether oxygens (including phenoxy) is 1. The van der Waals surface area contributed by atoms with Crippen LogP contribution >= 0.6 is 11.6 Å². The Bertz CT molecular complexity index is 369. The molecule has 0 amide bonds. The van der Waals surface area contributed by atoms with Gasteiger partial charge >= 0.3 is 0 Å². The van der Waals surface area contributed by atoms with Crippen LogP contribution in [0.5, 0.6) is 0 Å². The lowest BCUT2D eigenvalue weighted by atomic mass is 9.99. The SMILES string of the molecule is COCC(Cl)CN(C)Cc1c(C)cc(C)cc1C. The molecule has 0 saturated carbocycles. The van der Waals surface area contributed by atoms with Gasteiger partial charge in [0.25, 0.3) is 0 Å². The van der Waals surface area contributed by atoms with E-state index in [2.05, 4.69) is 44.9 Å². The van der Waals surface area contributed by atoms with Gasteiger partial charge in [-0.15, -0.1) is 11.6 Å². The summed E-state index contributed by atoms with van der Waals surface area (Å²) in [4.78, 5) is 2.25. The van der Waals surface area contributed by atoms with Crippen LogP contribution in [0.4, 0.5) is 0 Å². The predicted molar refractivity (Wildman–Crippen MR) is 78.5 cm³/mol. The third-order valence-corrected chi connectivity index (χ3v) is 3.39. The Morgan fingerprint density at radius 2 is 1.78 bits per heavy atom. The fraction of sp³-hybridized carbons (Fsp3) is 0.600. The van der Waals surface area contributed by atoms with Crippen molar-refractivity contribution in [2.75, 3.05) is 27.3 Å². The summed E-state index contributed by atoms with van der Waals surface area (Å²) in [6.45, 7) is 8.86. The minimum Gasteiger partial charge on any atom is -0.383 e. The minimum atomic E-state index is 0.0473. The molecule has 0 aliphatic carbocycles. The van der Waals surface area contributed by atoms with Gasteiger partial charge in [0, 0.05) is 20.2 Å². The molecule has 0 radical (unpaired) electrons. The molecule has 2 nitrogen and oxygen atoms in total. The highest BCUT2D eigenvalue weighted by Gasteiger charge is 2.11. The van der Waals surface area contributed by atoms with Gasteiger partial charge in [0.15, 0.2) is 0 Å². The smallest absolute Gasteiger partial charge is 0.0696 e. The van der Waals surface area contributed by atoms with Gasteiger partial charge in [-0.05, 0) is 44.5 Å². The Labute approximate surface area is 116 Å². The van der Waals surface area contributed by atoms with Crippen molar-refractivity contribution in [1.82, 2.24) is 4.90 Å². The number of alkyl halides is 1. The Morgan fingerprint density at radius 3 is 2.28 bits per heavy atom. The molecule has 1 aromatic rings. The molecular formula is C15H24ClNO. The largest absolute Gasteiger partial charge is 0.383 e. The Hall–Kier alpha value is -0.570. The maximum absolute atomic E-state index is 6.18. The molecule has 0 bridgehead atoms. The first kappa shape index (κ1) is 15.5. The third-order valence-electron chi connectivity index (χ3n) is 3.13. The second-order valence-electron chi connectivity index (χ2n) is 5.13. The Kier molecular flexibility index (Phi) is 6.13. The molecule has 0 aliphatic heterocycles. The zero-order valence-electron chi connectivity index (χ0n) is 12.1. The summed E-state index contributed by atoms with van der Waals surface area (Å²) in [6, 6.07) is 4.48. The van der Waals surface area contributed by atoms with E-state index in [-0.39, 0.29) is 5.38 Å². The van der Waals surface area contributed by atoms with Crippen molar-refractivity contribution in [3.8, 4) is 0 Å². The molecule has 0 N–H and O–H groups in total. The average Bonchev–Trinajstić information content (AvgIpc) is 2.23. The fourth-order valence-corrected chi connectivity index (χ4v) is 2.73. The quantitative estimate of drug-likeness (QED) is 0.735. The highest BCUT2D eigenvalue weighted by atomic mass is 35.5. The lowest BCUT2D eigenvalue weighted by Gasteiger charge is -2.22. The number of hydrogen-bond acceptors (Lipinski definition) is 2. The second-order valence-corrected chi connectivity index (χ2v) is 5.74. The molecule has 1 unspecified atom stereocenters. The molecule has 3 heteroatoms. The van der Waals surface area contributed by atoms with Crippen molar-refractivity contribution in [3.63, 3.8) is 0 Å². The molecule has 0 aliphatic rings. The molecular weight excluding hydrogens is 246 g/mol. The first-order valence-electron chi connectivity index (χ1n) is 6.32. The summed E-state index contributed by atoms with van der Waals surface area (Å²) in [5, 5.41) is 0.0473. The minimum absolute atomic E-state index is 0.0473. The van der Waals surface area contributed by atoms with Crippen molar-refractivity contribution in [3.05, 3.63) is 34.4 Å². The van der Waals surface area contributed by atoms with Crippen molar-refractivity contribution < 1.29 is 4.74 Å². The normalized spacial score (nSPS) is 13.1. The number of hydrogen-bond donors (Lipinski definition) is 0. The second kappa shape index (κ2) is 7.13. The highest BCUT2D eigenvalue weighted by molar-refractivity contribution is 6.20. The lowest BCUT2D eigenvalue weighted by Crippen LogP contribution is -2.28. The molecule has 1 aromatic carbocycles. The van der Waals surface area contributed by atoms with Gasteiger partial charge in [-0.3, -0.25) is 0 Å². The van der Waals surface area contributed by atoms with Gasteiger partial charge < -0.3 is 9.64 Å². The molecule has 0 aromatic heterocycles. The van der Waals surface area contributed by atoms with Crippen molar-refractivity contribution in [1.29, 1.82) is 0 Å². The van der Waals surface area contributed by atoms with Crippen molar-refractivity contribution >= 4 is 11.6 Å². The number of benzene rings is 1. The van der Waals surface area contributed by atoms with Crippen LogP contribution < -0.4 is 0 Å². The van der Waals surface area contributed by atoms with E-state index >= 15 is 0 Å². The molecule has 0 saturated heterocycles. The third kappa shape index (κ3) is 4.60. The molecule has 0 heterocycles. The van der Waals surface area contributed by atoms with E-state index in [9.17, 15) is 0 Å². The van der Waals surface area contributed by atoms with Gasteiger partial charge in [0.2, 0.25) is 0 Å². The van der Waals surface area contributed by atoms with E-state index in [1.807, 2.05) is 0 Å². The molecule has 1 atom stereocenters. The standard InChI is InChI=1S/C15H24ClNO/c1-11-6-12(2)15(13(3)7-11)9-17(4)8-14(16)10-18-5/h6-7,14H,8-10H2,1-5H3. The highest BCUT2D eigenvalue weighted by Crippen LogP contribution is 2.18. The summed E-state index contributed by atoms with van der Waals surface area (Å²) < 4.78 is 5.06. The van der Waals surface area contributed by atoms with Crippen LogP contribution in [0.15, 0.2) is 12.1 Å². The van der Waals surface area contributed by atoms with E-state index in [1.165, 1.54) is 22.3 Å². The van der Waals surface area contributed by atoms with Crippen molar-refractivity contribution in [2.45, 2.75) is 32.7 Å². The van der Waals surface area contributed by atoms with E-state index in [1.54, 1.807) is 7.11 Å². The van der Waals surface area contributed by atoms with Crippen LogP contribution in [0.2, 0.25) is 0 Å². The summed E-state index contributed by atoms with van der Waals surface area (Å²) in [6.07, 6.45) is 0. The topological polar surface area (TPSA) is 12.5 Å². The van der Waals surface area contributed by atoms with Crippen LogP contribution in [-0.4, -0.2) is 37.6 Å². The lowest BCUT2D eigenvalue weighted by molar-refractivity contribution is 0.181. The number of methoxy groups -OCH3 is 1. The number of rotatable bonds is 6. The molecule has 0 fully saturated rings. The number of halogens is 1. The Morgan fingerprint density at radius 1 is 1.22 bits per heavy atom. The van der Waals surface area contributed by atoms with Crippen LogP contribution in [0, 0.1) is 20.8 Å². The number of nitrogens with zero attached hydrogens (tertiary/aromatic N) is 1. The van der Waals surface area contributed by atoms with Crippen LogP contribution in [0.1, 0.15) is 22.3 Å². The Balaban J connectivity index is 2.67. The van der Waals surface area contributed by atoms with E-state index in [4.69, 9.17) is 16.3 Å². The molecule has 18 heavy (non-hydrogen) atoms. The molecule has 102 valence electrons. The zero-order valence-corrected chi connectivity index (χ0v) is 12.8. The summed E-state index contributed by atoms with van der Waals surface area (Å²) in [5.74, 6) is 0. The maximum Gasteiger partial charge on any atom is 0.0696 e. The monoisotopic (exact) mass is 269 g/mol. The van der Waals surface area contributed by atoms with Gasteiger partial charge in [-0.1, -0.05) is 17.7 Å². The van der Waals surface area contributed by atoms with E-state index in [0.29, 0.717) is 6.61 Å². The predicted octanol–water partition coefficient (Wildman–Crippen LogP) is 3.30. The van der Waals surface area contributed by atoms with E-state index < -0.39 is 0 Å². The van der Waals surface area contributed by atoms with Crippen molar-refractivity contribution in [2.24, 2.45) is 0 Å². The summed E-state index contributed by atoms with van der Waals surface area (Å²) >= 11 is 6.18. The molecule has 1 rings (SSSR count). The van der Waals surface area contributed by atoms with Crippen LogP contribution in [0.25, 0.3) is 0 Å². The number of aryl methyl sites for hydroxylation is 3. The van der Waals surface area contributed by atoms with Crippen LogP contribution in [-0.2, 0) is 11.3 Å². The fourth-order valence-electron chi connectivity index (χ4n) is 2.37. The van der Waals surface area contributed by atoms with Gasteiger partial charge in [-0.25, -0.2) is 0 Å². The summed E-state index contributed by atoms with van der Waals surface area (Å²) in [5.41, 5.74) is 5.45. The van der Waals surface area contributed by atoms with Gasteiger partial charge in [0.1, 0.15) is 0 Å². The van der Waals surface area contributed by atoms with Crippen LogP contribution in [0.3, 0.4) is 0 Å². The zero-order chi connectivity index (χ0) is 13.7. The van der Waals surface area contributed by atoms with E-state index in [0.717, 1.165) is 13.1 Å². The average molecular weight is 270 g/mol. The molecule has 0 spiro atoms. The first-order valence-corrected chi connectivity index (χ1v) is 6.76. The van der Waals surface area contributed by atoms with Gasteiger partial charge in [0.05, 0.1) is 12.0 Å². The van der Waals surface area contributed by atoms with Gasteiger partial charge in [-0.2, -0.15) is 0 Å². The maximum atomic E-state index is 6.18. The first-order chi connectivity index (χ1) is 8.43. The summed E-state index contributed by atoms with van der Waals surface area (Å²) in [7, 11) is 3.79.